The highest BCUT2D eigenvalue weighted by atomic mass is 35.5. The second-order valence-corrected chi connectivity index (χ2v) is 9.00. The predicted octanol–water partition coefficient (Wildman–Crippen LogP) is 7.46. The van der Waals surface area contributed by atoms with E-state index in [-0.39, 0.29) is 11.5 Å². The summed E-state index contributed by atoms with van der Waals surface area (Å²) in [5.41, 5.74) is 4.08. The number of halogens is 2. The van der Waals surface area contributed by atoms with Crippen molar-refractivity contribution in [3.8, 4) is 22.5 Å². The van der Waals surface area contributed by atoms with E-state index in [1.54, 1.807) is 25.1 Å². The molecule has 2 aromatic carbocycles. The van der Waals surface area contributed by atoms with Crippen molar-refractivity contribution < 1.29 is 9.32 Å². The number of amides is 1. The summed E-state index contributed by atoms with van der Waals surface area (Å²) in [4.78, 5) is 17.6. The Bertz CT molecular complexity index is 1230. The first-order chi connectivity index (χ1) is 14.8. The van der Waals surface area contributed by atoms with Gasteiger partial charge in [0.05, 0.1) is 15.7 Å². The van der Waals surface area contributed by atoms with E-state index in [0.29, 0.717) is 38.1 Å². The van der Waals surface area contributed by atoms with Crippen LogP contribution in [0.5, 0.6) is 0 Å². The van der Waals surface area contributed by atoms with Crippen molar-refractivity contribution in [2.75, 3.05) is 5.32 Å². The molecule has 0 unspecified atom stereocenters. The van der Waals surface area contributed by atoms with Crippen LogP contribution in [0.4, 0.5) is 5.13 Å². The Morgan fingerprint density at radius 1 is 1.10 bits per heavy atom. The van der Waals surface area contributed by atoms with Gasteiger partial charge in [-0.15, -0.1) is 11.3 Å². The fraction of sp³-hybridized carbons (Fsp3) is 0.174. The minimum absolute atomic E-state index is 0.271. The number of hydrogen-bond donors (Lipinski definition) is 1. The van der Waals surface area contributed by atoms with E-state index in [1.165, 1.54) is 16.9 Å². The van der Waals surface area contributed by atoms with Gasteiger partial charge in [0.2, 0.25) is 0 Å². The van der Waals surface area contributed by atoms with Crippen LogP contribution in [0.3, 0.4) is 0 Å². The number of aromatic nitrogens is 2. The molecular formula is C23H19Cl2N3O2S. The van der Waals surface area contributed by atoms with Gasteiger partial charge in [0, 0.05) is 16.5 Å². The quantitative estimate of drug-likeness (QED) is 0.327. The van der Waals surface area contributed by atoms with Gasteiger partial charge in [0.25, 0.3) is 5.91 Å². The van der Waals surface area contributed by atoms with Crippen LogP contribution in [0.2, 0.25) is 10.0 Å². The molecule has 0 atom stereocenters. The highest BCUT2D eigenvalue weighted by molar-refractivity contribution is 7.14. The number of benzene rings is 2. The predicted molar refractivity (Wildman–Crippen MR) is 126 cm³/mol. The SMILES string of the molecule is Cc1onc(-c2c(Cl)cccc2Cl)c1C(=O)Nc1nc(-c2ccc(C(C)C)cc2)cs1. The van der Waals surface area contributed by atoms with Crippen LogP contribution in [0.1, 0.15) is 41.4 Å². The summed E-state index contributed by atoms with van der Waals surface area (Å²) in [6.45, 7) is 5.98. The lowest BCUT2D eigenvalue weighted by molar-refractivity contribution is 0.102. The van der Waals surface area contributed by atoms with E-state index in [9.17, 15) is 4.79 Å². The molecule has 31 heavy (non-hydrogen) atoms. The van der Waals surface area contributed by atoms with Gasteiger partial charge in [-0.25, -0.2) is 4.98 Å². The maximum absolute atomic E-state index is 13.0. The maximum Gasteiger partial charge on any atom is 0.263 e. The summed E-state index contributed by atoms with van der Waals surface area (Å²) in [5, 5.41) is 10.0. The molecule has 1 N–H and O–H groups in total. The molecule has 1 amide bonds. The van der Waals surface area contributed by atoms with E-state index in [1.807, 2.05) is 17.5 Å². The summed E-state index contributed by atoms with van der Waals surface area (Å²) in [6.07, 6.45) is 0. The zero-order chi connectivity index (χ0) is 22.1. The molecule has 2 heterocycles. The largest absolute Gasteiger partial charge is 0.360 e. The molecule has 0 aliphatic carbocycles. The number of nitrogens with zero attached hydrogens (tertiary/aromatic N) is 2. The highest BCUT2D eigenvalue weighted by Crippen LogP contribution is 2.37. The second kappa shape index (κ2) is 8.83. The van der Waals surface area contributed by atoms with Gasteiger partial charge in [-0.3, -0.25) is 10.1 Å². The highest BCUT2D eigenvalue weighted by Gasteiger charge is 2.25. The van der Waals surface area contributed by atoms with Crippen LogP contribution >= 0.6 is 34.5 Å². The third-order valence-electron chi connectivity index (χ3n) is 4.89. The molecule has 5 nitrogen and oxygen atoms in total. The van der Waals surface area contributed by atoms with Gasteiger partial charge in [0.1, 0.15) is 17.0 Å². The zero-order valence-electron chi connectivity index (χ0n) is 17.1. The van der Waals surface area contributed by atoms with Crippen molar-refractivity contribution in [3.63, 3.8) is 0 Å². The van der Waals surface area contributed by atoms with Crippen LogP contribution in [-0.2, 0) is 0 Å². The molecule has 0 radical (unpaired) electrons. The van der Waals surface area contributed by atoms with E-state index >= 15 is 0 Å². The third kappa shape index (κ3) is 4.37. The lowest BCUT2D eigenvalue weighted by Gasteiger charge is -2.06. The van der Waals surface area contributed by atoms with Crippen LogP contribution in [-0.4, -0.2) is 16.0 Å². The second-order valence-electron chi connectivity index (χ2n) is 7.33. The van der Waals surface area contributed by atoms with E-state index in [2.05, 4.69) is 41.4 Å². The lowest BCUT2D eigenvalue weighted by atomic mass is 10.0. The zero-order valence-corrected chi connectivity index (χ0v) is 19.4. The van der Waals surface area contributed by atoms with Gasteiger partial charge in [0.15, 0.2) is 5.13 Å². The smallest absolute Gasteiger partial charge is 0.263 e. The number of aryl methyl sites for hydroxylation is 1. The van der Waals surface area contributed by atoms with Crippen molar-refractivity contribution in [1.82, 2.24) is 10.1 Å². The molecule has 0 fully saturated rings. The Morgan fingerprint density at radius 2 is 1.77 bits per heavy atom. The molecule has 4 aromatic rings. The van der Waals surface area contributed by atoms with Gasteiger partial charge >= 0.3 is 0 Å². The number of anilines is 1. The summed E-state index contributed by atoms with van der Waals surface area (Å²) < 4.78 is 5.28. The summed E-state index contributed by atoms with van der Waals surface area (Å²) in [5.74, 6) is 0.442. The molecule has 0 aliphatic heterocycles. The number of thiazole rings is 1. The summed E-state index contributed by atoms with van der Waals surface area (Å²) in [6, 6.07) is 13.4. The number of nitrogens with one attached hydrogen (secondary N) is 1. The molecule has 0 bridgehead atoms. The fourth-order valence-electron chi connectivity index (χ4n) is 3.20. The van der Waals surface area contributed by atoms with E-state index < -0.39 is 0 Å². The minimum Gasteiger partial charge on any atom is -0.360 e. The van der Waals surface area contributed by atoms with Crippen molar-refractivity contribution >= 4 is 45.6 Å². The molecule has 8 heteroatoms. The Morgan fingerprint density at radius 3 is 2.42 bits per heavy atom. The van der Waals surface area contributed by atoms with Crippen LogP contribution in [0, 0.1) is 6.92 Å². The van der Waals surface area contributed by atoms with Gasteiger partial charge in [-0.1, -0.05) is 72.5 Å². The van der Waals surface area contributed by atoms with Gasteiger partial charge < -0.3 is 4.52 Å². The Balaban J connectivity index is 1.60. The standard InChI is InChI=1S/C23H19Cl2N3O2S/c1-12(2)14-7-9-15(10-8-14)18-11-31-23(26-18)27-22(29)19-13(3)30-28-21(19)20-16(24)5-4-6-17(20)25/h4-12H,1-3H3,(H,26,27,29). The minimum atomic E-state index is -0.388. The first-order valence-electron chi connectivity index (χ1n) is 9.63. The normalized spacial score (nSPS) is 11.2. The Hall–Kier alpha value is -2.67. The van der Waals surface area contributed by atoms with E-state index in [4.69, 9.17) is 27.7 Å². The molecule has 0 saturated carbocycles. The monoisotopic (exact) mass is 471 g/mol. The van der Waals surface area contributed by atoms with Crippen molar-refractivity contribution in [2.24, 2.45) is 0 Å². The number of carbonyl (C=O) groups is 1. The maximum atomic E-state index is 13.0. The molecule has 0 aliphatic rings. The van der Waals surface area contributed by atoms with Crippen molar-refractivity contribution in [1.29, 1.82) is 0 Å². The summed E-state index contributed by atoms with van der Waals surface area (Å²) >= 11 is 14.0. The third-order valence-corrected chi connectivity index (χ3v) is 6.27. The number of rotatable bonds is 5. The van der Waals surface area contributed by atoms with Crippen LogP contribution in [0.25, 0.3) is 22.5 Å². The molecular weight excluding hydrogens is 453 g/mol. The molecule has 2 aromatic heterocycles. The lowest BCUT2D eigenvalue weighted by Crippen LogP contribution is -2.13. The molecule has 0 saturated heterocycles. The first-order valence-corrected chi connectivity index (χ1v) is 11.3. The van der Waals surface area contributed by atoms with Crippen LogP contribution in [0.15, 0.2) is 52.4 Å². The van der Waals surface area contributed by atoms with Crippen LogP contribution < -0.4 is 5.32 Å². The molecule has 0 spiro atoms. The summed E-state index contributed by atoms with van der Waals surface area (Å²) in [7, 11) is 0. The van der Waals surface area contributed by atoms with Crippen molar-refractivity contribution in [3.05, 3.63) is 74.8 Å². The van der Waals surface area contributed by atoms with E-state index in [0.717, 1.165) is 11.3 Å². The van der Waals surface area contributed by atoms with Gasteiger partial charge in [-0.05, 0) is 30.5 Å². The Kier molecular flexibility index (Phi) is 6.14. The van der Waals surface area contributed by atoms with Crippen molar-refractivity contribution in [2.45, 2.75) is 26.7 Å². The molecule has 4 rings (SSSR count). The fourth-order valence-corrected chi connectivity index (χ4v) is 4.49. The Labute approximate surface area is 194 Å². The topological polar surface area (TPSA) is 68.0 Å². The molecule has 158 valence electrons. The number of hydrogen-bond acceptors (Lipinski definition) is 5. The average Bonchev–Trinajstić information content (AvgIpc) is 3.35. The number of carbonyl (C=O) groups excluding carboxylic acids is 1. The first kappa shape index (κ1) is 21.6. The average molecular weight is 472 g/mol. The van der Waals surface area contributed by atoms with Gasteiger partial charge in [-0.2, -0.15) is 0 Å².